The summed E-state index contributed by atoms with van der Waals surface area (Å²) in [6.07, 6.45) is 5.00. The number of nitrogens with zero attached hydrogens (tertiary/aromatic N) is 3. The van der Waals surface area contributed by atoms with E-state index < -0.39 is 17.8 Å². The van der Waals surface area contributed by atoms with Gasteiger partial charge in [-0.25, -0.2) is 14.7 Å². The topological polar surface area (TPSA) is 83.7 Å². The Morgan fingerprint density at radius 1 is 1.04 bits per heavy atom. The summed E-state index contributed by atoms with van der Waals surface area (Å²) in [4.78, 5) is 43.1. The van der Waals surface area contributed by atoms with Gasteiger partial charge in [0.05, 0.1) is 6.20 Å². The molecular weight excluding hydrogens is 322 g/mol. The maximum atomic E-state index is 12.5. The molecule has 0 bridgehead atoms. The van der Waals surface area contributed by atoms with Crippen LogP contribution in [0.5, 0.6) is 0 Å². The molecular formula is C18H17N3O4. The molecule has 0 atom stereocenters. The van der Waals surface area contributed by atoms with Crippen molar-refractivity contribution in [3.63, 3.8) is 0 Å². The van der Waals surface area contributed by atoms with E-state index in [-0.39, 0.29) is 18.5 Å². The maximum absolute atomic E-state index is 12.5. The number of carbonyl (C=O) groups excluding carboxylic acids is 3. The molecule has 7 nitrogen and oxygen atoms in total. The number of imide groups is 2. The molecule has 1 aliphatic heterocycles. The van der Waals surface area contributed by atoms with Gasteiger partial charge >= 0.3 is 17.8 Å². The quantitative estimate of drug-likeness (QED) is 0.631. The van der Waals surface area contributed by atoms with Gasteiger partial charge in [-0.15, -0.1) is 0 Å². The van der Waals surface area contributed by atoms with E-state index >= 15 is 0 Å². The zero-order valence-corrected chi connectivity index (χ0v) is 13.6. The van der Waals surface area contributed by atoms with E-state index in [1.165, 1.54) is 0 Å². The highest BCUT2D eigenvalue weighted by atomic mass is 16.4. The molecule has 0 unspecified atom stereocenters. The minimum atomic E-state index is -0.809. The van der Waals surface area contributed by atoms with Crippen LogP contribution in [-0.2, 0) is 16.1 Å². The molecule has 1 aromatic heterocycles. The first-order valence-electron chi connectivity index (χ1n) is 8.34. The van der Waals surface area contributed by atoms with Gasteiger partial charge in [0.15, 0.2) is 5.76 Å². The predicted molar refractivity (Wildman–Crippen MR) is 87.0 cm³/mol. The first kappa shape index (κ1) is 15.6. The van der Waals surface area contributed by atoms with Crippen LogP contribution in [0.25, 0.3) is 11.3 Å². The van der Waals surface area contributed by atoms with E-state index in [1.54, 1.807) is 6.20 Å². The zero-order chi connectivity index (χ0) is 17.4. The normalized spacial score (nSPS) is 18.6. The largest absolute Gasteiger partial charge is 0.439 e. The van der Waals surface area contributed by atoms with E-state index in [1.807, 2.05) is 30.3 Å². The molecule has 7 heteroatoms. The monoisotopic (exact) mass is 339 g/mol. The maximum Gasteiger partial charge on any atom is 0.334 e. The molecule has 2 heterocycles. The fraction of sp³-hybridized carbons (Fsp3) is 0.333. The molecule has 4 rings (SSSR count). The lowest BCUT2D eigenvalue weighted by molar-refractivity contribution is -0.144. The summed E-state index contributed by atoms with van der Waals surface area (Å²) in [6.45, 7) is -0.139. The lowest BCUT2D eigenvalue weighted by atomic mass is 10.2. The van der Waals surface area contributed by atoms with Crippen molar-refractivity contribution in [2.75, 3.05) is 0 Å². The molecule has 2 aromatic rings. The smallest absolute Gasteiger partial charge is 0.334 e. The molecule has 2 fully saturated rings. The number of hydrogen-bond donors (Lipinski definition) is 0. The summed E-state index contributed by atoms with van der Waals surface area (Å²) < 4.78 is 5.64. The van der Waals surface area contributed by atoms with E-state index in [9.17, 15) is 14.4 Å². The Bertz CT molecular complexity index is 824. The number of hydrogen-bond acceptors (Lipinski definition) is 5. The lowest BCUT2D eigenvalue weighted by Crippen LogP contribution is -2.39. The van der Waals surface area contributed by atoms with Crippen molar-refractivity contribution in [1.29, 1.82) is 0 Å². The summed E-state index contributed by atoms with van der Waals surface area (Å²) in [6, 6.07) is 8.67. The first-order chi connectivity index (χ1) is 12.1. The highest BCUT2D eigenvalue weighted by Gasteiger charge is 2.48. The van der Waals surface area contributed by atoms with E-state index in [0.717, 1.165) is 41.0 Å². The van der Waals surface area contributed by atoms with Gasteiger partial charge in [-0.2, -0.15) is 0 Å². The Labute approximate surface area is 144 Å². The van der Waals surface area contributed by atoms with Crippen molar-refractivity contribution in [3.05, 3.63) is 42.4 Å². The second-order valence-electron chi connectivity index (χ2n) is 6.27. The second kappa shape index (κ2) is 6.16. The van der Waals surface area contributed by atoms with Gasteiger partial charge in [0.25, 0.3) is 0 Å². The fourth-order valence-electron chi connectivity index (χ4n) is 3.40. The van der Waals surface area contributed by atoms with E-state index in [0.29, 0.717) is 5.76 Å². The van der Waals surface area contributed by atoms with Gasteiger partial charge < -0.3 is 4.42 Å². The van der Waals surface area contributed by atoms with Crippen LogP contribution in [0.2, 0.25) is 0 Å². The Hall–Kier alpha value is -2.96. The van der Waals surface area contributed by atoms with Gasteiger partial charge in [-0.05, 0) is 12.8 Å². The Kier molecular flexibility index (Phi) is 3.83. The van der Waals surface area contributed by atoms with Crippen LogP contribution in [0.3, 0.4) is 0 Å². The van der Waals surface area contributed by atoms with Crippen LogP contribution in [-0.4, -0.2) is 38.7 Å². The average Bonchev–Trinajstić information content (AvgIpc) is 3.35. The van der Waals surface area contributed by atoms with Crippen LogP contribution in [0.4, 0.5) is 4.79 Å². The fourth-order valence-corrected chi connectivity index (χ4v) is 3.40. The average molecular weight is 339 g/mol. The van der Waals surface area contributed by atoms with Crippen molar-refractivity contribution < 1.29 is 18.8 Å². The van der Waals surface area contributed by atoms with E-state index in [4.69, 9.17) is 4.42 Å². The predicted octanol–water partition coefficient (Wildman–Crippen LogP) is 2.58. The van der Waals surface area contributed by atoms with Crippen molar-refractivity contribution in [2.45, 2.75) is 38.3 Å². The summed E-state index contributed by atoms with van der Waals surface area (Å²) in [5.41, 5.74) is 0.851. The molecule has 25 heavy (non-hydrogen) atoms. The molecule has 4 amide bonds. The van der Waals surface area contributed by atoms with Gasteiger partial charge in [0, 0.05) is 11.6 Å². The first-order valence-corrected chi connectivity index (χ1v) is 8.34. The summed E-state index contributed by atoms with van der Waals surface area (Å²) in [5, 5.41) is 0. The zero-order valence-electron chi connectivity index (χ0n) is 13.6. The molecule has 1 saturated heterocycles. The van der Waals surface area contributed by atoms with Crippen molar-refractivity contribution >= 4 is 17.8 Å². The van der Waals surface area contributed by atoms with Gasteiger partial charge in [-0.1, -0.05) is 43.2 Å². The Morgan fingerprint density at radius 2 is 1.76 bits per heavy atom. The number of amides is 4. The molecule has 0 spiro atoms. The van der Waals surface area contributed by atoms with Gasteiger partial charge in [-0.3, -0.25) is 14.5 Å². The number of oxazole rings is 1. The molecule has 1 aromatic carbocycles. The molecule has 1 aliphatic carbocycles. The van der Waals surface area contributed by atoms with Crippen molar-refractivity contribution in [1.82, 2.24) is 14.8 Å². The van der Waals surface area contributed by atoms with Crippen LogP contribution in [0.1, 0.15) is 31.6 Å². The highest BCUT2D eigenvalue weighted by Crippen LogP contribution is 2.29. The molecule has 2 aliphatic rings. The summed E-state index contributed by atoms with van der Waals surface area (Å²) in [5.74, 6) is -0.779. The second-order valence-corrected chi connectivity index (χ2v) is 6.27. The molecule has 0 N–H and O–H groups in total. The number of benzene rings is 1. The highest BCUT2D eigenvalue weighted by molar-refractivity contribution is 6.44. The molecule has 0 radical (unpaired) electrons. The minimum absolute atomic E-state index is 0.139. The van der Waals surface area contributed by atoms with Crippen molar-refractivity contribution in [3.8, 4) is 11.3 Å². The molecule has 1 saturated carbocycles. The van der Waals surface area contributed by atoms with Crippen LogP contribution in [0, 0.1) is 0 Å². The summed E-state index contributed by atoms with van der Waals surface area (Å²) in [7, 11) is 0. The number of urea groups is 1. The third-order valence-corrected chi connectivity index (χ3v) is 4.68. The standard InChI is InChI=1S/C18H17N3O4/c22-16-17(23)21(13-8-4-5-9-13)18(24)20(16)11-15-19-10-14(25-15)12-6-2-1-3-7-12/h1-3,6-7,10,13H,4-5,8-9,11H2. The van der Waals surface area contributed by atoms with Crippen LogP contribution < -0.4 is 0 Å². The third-order valence-electron chi connectivity index (χ3n) is 4.68. The van der Waals surface area contributed by atoms with Gasteiger partial charge in [0.2, 0.25) is 5.89 Å². The lowest BCUT2D eigenvalue weighted by Gasteiger charge is -2.20. The van der Waals surface area contributed by atoms with Crippen LogP contribution >= 0.6 is 0 Å². The molecule has 128 valence electrons. The van der Waals surface area contributed by atoms with Crippen molar-refractivity contribution in [2.24, 2.45) is 0 Å². The van der Waals surface area contributed by atoms with Crippen LogP contribution in [0.15, 0.2) is 40.9 Å². The SMILES string of the molecule is O=C1C(=O)N(C2CCCC2)C(=O)N1Cc1ncc(-c2ccccc2)o1. The number of carbonyl (C=O) groups is 3. The van der Waals surface area contributed by atoms with E-state index in [2.05, 4.69) is 4.98 Å². The van der Waals surface area contributed by atoms with Gasteiger partial charge in [0.1, 0.15) is 6.54 Å². The Morgan fingerprint density at radius 3 is 2.48 bits per heavy atom. The summed E-state index contributed by atoms with van der Waals surface area (Å²) >= 11 is 0. The number of aromatic nitrogens is 1. The Balaban J connectivity index is 1.53. The number of rotatable bonds is 4. The minimum Gasteiger partial charge on any atom is -0.439 e. The third kappa shape index (κ3) is 2.71.